The molecule has 0 unspecified atom stereocenters. The van der Waals surface area contributed by atoms with Gasteiger partial charge in [0.25, 0.3) is 0 Å². The molecule has 2 bridgehead atoms. The first-order chi connectivity index (χ1) is 11.1. The van der Waals surface area contributed by atoms with Crippen LogP contribution in [0.15, 0.2) is 30.4 Å². The largest absolute Gasteiger partial charge is 0.497 e. The van der Waals surface area contributed by atoms with Crippen molar-refractivity contribution in [3.63, 3.8) is 0 Å². The van der Waals surface area contributed by atoms with E-state index in [0.29, 0.717) is 13.1 Å². The zero-order chi connectivity index (χ0) is 16.0. The summed E-state index contributed by atoms with van der Waals surface area (Å²) in [7, 11) is 3.27. The fourth-order valence-corrected chi connectivity index (χ4v) is 4.00. The van der Waals surface area contributed by atoms with E-state index < -0.39 is 0 Å². The highest BCUT2D eigenvalue weighted by atomic mass is 16.5. The Labute approximate surface area is 135 Å². The molecule has 23 heavy (non-hydrogen) atoms. The second-order valence-electron chi connectivity index (χ2n) is 6.45. The SMILES string of the molecule is COc1ccc(CN2CC[C@@]34C=C[C@@H](C[C@@H]3C2=O)O4)c(OC)c1. The normalized spacial score (nSPS) is 31.4. The molecule has 0 saturated carbocycles. The van der Waals surface area contributed by atoms with Crippen LogP contribution in [0.1, 0.15) is 18.4 Å². The first kappa shape index (κ1) is 14.6. The maximum Gasteiger partial charge on any atom is 0.229 e. The van der Waals surface area contributed by atoms with Crippen molar-refractivity contribution < 1.29 is 19.0 Å². The van der Waals surface area contributed by atoms with Crippen LogP contribution in [0, 0.1) is 5.92 Å². The third-order valence-electron chi connectivity index (χ3n) is 5.26. The summed E-state index contributed by atoms with van der Waals surface area (Å²) in [4.78, 5) is 14.8. The second kappa shape index (κ2) is 5.27. The maximum absolute atomic E-state index is 12.9. The Morgan fingerprint density at radius 3 is 2.96 bits per heavy atom. The Morgan fingerprint density at radius 2 is 2.22 bits per heavy atom. The lowest BCUT2D eigenvalue weighted by Crippen LogP contribution is -2.52. The van der Waals surface area contributed by atoms with Crippen molar-refractivity contribution in [3.8, 4) is 11.5 Å². The number of fused-ring (bicyclic) bond motifs is 1. The number of benzene rings is 1. The Bertz CT molecular complexity index is 671. The first-order valence-corrected chi connectivity index (χ1v) is 8.02. The predicted octanol–water partition coefficient (Wildman–Crippen LogP) is 2.15. The van der Waals surface area contributed by atoms with Crippen molar-refractivity contribution in [1.29, 1.82) is 0 Å². The molecule has 0 aromatic heterocycles. The van der Waals surface area contributed by atoms with Crippen molar-refractivity contribution in [1.82, 2.24) is 4.90 Å². The van der Waals surface area contributed by atoms with Gasteiger partial charge >= 0.3 is 0 Å². The molecule has 1 aromatic carbocycles. The molecule has 2 saturated heterocycles. The Kier molecular flexibility index (Phi) is 3.34. The molecule has 5 heteroatoms. The molecule has 3 aliphatic rings. The van der Waals surface area contributed by atoms with Gasteiger partial charge in [0.05, 0.1) is 26.2 Å². The number of ether oxygens (including phenoxy) is 3. The quantitative estimate of drug-likeness (QED) is 0.799. The summed E-state index contributed by atoms with van der Waals surface area (Å²) in [6.07, 6.45) is 6.01. The molecule has 5 nitrogen and oxygen atoms in total. The number of carbonyl (C=O) groups is 1. The van der Waals surface area contributed by atoms with E-state index in [1.54, 1.807) is 14.2 Å². The summed E-state index contributed by atoms with van der Waals surface area (Å²) in [5, 5.41) is 0. The van der Waals surface area contributed by atoms with E-state index in [-0.39, 0.29) is 23.5 Å². The standard InChI is InChI=1S/C18H21NO4/c1-21-13-4-3-12(16(10-13)22-2)11-19-8-7-18-6-5-14(23-18)9-15(18)17(19)20/h3-6,10,14-15H,7-9,11H2,1-2H3/t14-,15+,18-/m0/s1. The van der Waals surface area contributed by atoms with Crippen LogP contribution in [0.5, 0.6) is 11.5 Å². The lowest BCUT2D eigenvalue weighted by molar-refractivity contribution is -0.146. The van der Waals surface area contributed by atoms with Crippen molar-refractivity contribution >= 4 is 5.91 Å². The smallest absolute Gasteiger partial charge is 0.229 e. The van der Waals surface area contributed by atoms with Gasteiger partial charge in [0.15, 0.2) is 0 Å². The Balaban J connectivity index is 1.54. The van der Waals surface area contributed by atoms with E-state index in [9.17, 15) is 4.79 Å². The van der Waals surface area contributed by atoms with Crippen LogP contribution < -0.4 is 9.47 Å². The molecule has 122 valence electrons. The molecule has 1 aromatic rings. The minimum Gasteiger partial charge on any atom is -0.497 e. The van der Waals surface area contributed by atoms with Crippen molar-refractivity contribution in [2.75, 3.05) is 20.8 Å². The molecule has 0 radical (unpaired) electrons. The Morgan fingerprint density at radius 1 is 1.35 bits per heavy atom. The summed E-state index contributed by atoms with van der Waals surface area (Å²) in [5.41, 5.74) is 0.666. The molecular weight excluding hydrogens is 294 g/mol. The summed E-state index contributed by atoms with van der Waals surface area (Å²) >= 11 is 0. The van der Waals surface area contributed by atoms with Crippen LogP contribution in [0.25, 0.3) is 0 Å². The van der Waals surface area contributed by atoms with Gasteiger partial charge in [-0.05, 0) is 25.0 Å². The molecule has 3 atom stereocenters. The van der Waals surface area contributed by atoms with Gasteiger partial charge in [-0.15, -0.1) is 0 Å². The fourth-order valence-electron chi connectivity index (χ4n) is 4.00. The fraction of sp³-hybridized carbons (Fsp3) is 0.500. The molecule has 1 amide bonds. The number of rotatable bonds is 4. The van der Waals surface area contributed by atoms with Gasteiger partial charge in [-0.3, -0.25) is 4.79 Å². The minimum absolute atomic E-state index is 0.0320. The van der Waals surface area contributed by atoms with Crippen LogP contribution in [0.2, 0.25) is 0 Å². The van der Waals surface area contributed by atoms with Gasteiger partial charge < -0.3 is 19.1 Å². The molecule has 0 N–H and O–H groups in total. The third kappa shape index (κ3) is 2.22. The number of nitrogens with zero attached hydrogens (tertiary/aromatic N) is 1. The number of piperidine rings is 1. The van der Waals surface area contributed by atoms with Crippen LogP contribution in [0.3, 0.4) is 0 Å². The zero-order valence-corrected chi connectivity index (χ0v) is 13.5. The van der Waals surface area contributed by atoms with Gasteiger partial charge in [-0.25, -0.2) is 0 Å². The monoisotopic (exact) mass is 315 g/mol. The molecule has 3 aliphatic heterocycles. The van der Waals surface area contributed by atoms with Crippen molar-refractivity contribution in [2.24, 2.45) is 5.92 Å². The third-order valence-corrected chi connectivity index (χ3v) is 5.26. The number of hydrogen-bond acceptors (Lipinski definition) is 4. The highest BCUT2D eigenvalue weighted by Crippen LogP contribution is 2.48. The Hall–Kier alpha value is -2.01. The number of amides is 1. The van der Waals surface area contributed by atoms with Gasteiger partial charge in [-0.1, -0.05) is 12.2 Å². The maximum atomic E-state index is 12.9. The van der Waals surface area contributed by atoms with Crippen LogP contribution in [-0.4, -0.2) is 43.3 Å². The zero-order valence-electron chi connectivity index (χ0n) is 13.5. The highest BCUT2D eigenvalue weighted by Gasteiger charge is 2.56. The molecule has 4 rings (SSSR count). The average Bonchev–Trinajstić information content (AvgIpc) is 3.16. The van der Waals surface area contributed by atoms with E-state index >= 15 is 0 Å². The van der Waals surface area contributed by atoms with E-state index in [1.807, 2.05) is 23.1 Å². The molecule has 2 fully saturated rings. The van der Waals surface area contributed by atoms with E-state index in [4.69, 9.17) is 14.2 Å². The number of hydrogen-bond donors (Lipinski definition) is 0. The summed E-state index contributed by atoms with van der Waals surface area (Å²) in [6, 6.07) is 5.72. The minimum atomic E-state index is -0.331. The first-order valence-electron chi connectivity index (χ1n) is 8.02. The van der Waals surface area contributed by atoms with Gasteiger partial charge in [0, 0.05) is 24.7 Å². The van der Waals surface area contributed by atoms with E-state index in [2.05, 4.69) is 12.2 Å². The lowest BCUT2D eigenvalue weighted by atomic mass is 9.77. The average molecular weight is 315 g/mol. The topological polar surface area (TPSA) is 48.0 Å². The van der Waals surface area contributed by atoms with Gasteiger partial charge in [0.1, 0.15) is 17.1 Å². The highest BCUT2D eigenvalue weighted by molar-refractivity contribution is 5.82. The summed E-state index contributed by atoms with van der Waals surface area (Å²) in [6.45, 7) is 1.27. The van der Waals surface area contributed by atoms with Crippen LogP contribution in [-0.2, 0) is 16.1 Å². The van der Waals surface area contributed by atoms with E-state index in [0.717, 1.165) is 29.9 Å². The van der Waals surface area contributed by atoms with E-state index in [1.165, 1.54) is 0 Å². The number of carbonyl (C=O) groups excluding carboxylic acids is 1. The van der Waals surface area contributed by atoms with Crippen LogP contribution in [0.4, 0.5) is 0 Å². The molecule has 0 aliphatic carbocycles. The van der Waals surface area contributed by atoms with Gasteiger partial charge in [0.2, 0.25) is 5.91 Å². The molecule has 3 heterocycles. The number of methoxy groups -OCH3 is 2. The van der Waals surface area contributed by atoms with Gasteiger partial charge in [-0.2, -0.15) is 0 Å². The van der Waals surface area contributed by atoms with Crippen LogP contribution >= 0.6 is 0 Å². The summed E-state index contributed by atoms with van der Waals surface area (Å²) < 4.78 is 16.7. The predicted molar refractivity (Wildman–Crippen MR) is 84.4 cm³/mol. The second-order valence-corrected chi connectivity index (χ2v) is 6.45. The molecule has 1 spiro atoms. The van der Waals surface area contributed by atoms with Crippen molar-refractivity contribution in [2.45, 2.75) is 31.1 Å². The summed E-state index contributed by atoms with van der Waals surface area (Å²) in [5.74, 6) is 1.67. The number of likely N-dealkylation sites (tertiary alicyclic amines) is 1. The van der Waals surface area contributed by atoms with Crippen molar-refractivity contribution in [3.05, 3.63) is 35.9 Å². The molecular formula is C18H21NO4. The lowest BCUT2D eigenvalue weighted by Gasteiger charge is -2.40.